The van der Waals surface area contributed by atoms with E-state index in [0.717, 1.165) is 12.1 Å². The maximum Gasteiger partial charge on any atom is 0.324 e. The van der Waals surface area contributed by atoms with Crippen molar-refractivity contribution >= 4 is 11.9 Å². The van der Waals surface area contributed by atoms with E-state index in [2.05, 4.69) is 0 Å². The summed E-state index contributed by atoms with van der Waals surface area (Å²) in [6, 6.07) is 5.19. The van der Waals surface area contributed by atoms with E-state index in [-0.39, 0.29) is 24.3 Å². The first-order valence-electron chi connectivity index (χ1n) is 6.46. The van der Waals surface area contributed by atoms with Crippen molar-refractivity contribution in [2.24, 2.45) is 0 Å². The lowest BCUT2D eigenvalue weighted by Gasteiger charge is -2.15. The number of carbonyl (C=O) groups is 2. The van der Waals surface area contributed by atoms with Crippen LogP contribution in [0.1, 0.15) is 36.5 Å². The number of benzene rings is 1. The Morgan fingerprint density at radius 2 is 1.68 bits per heavy atom. The Morgan fingerprint density at radius 3 is 2.09 bits per heavy atom. The highest BCUT2D eigenvalue weighted by Crippen LogP contribution is 2.24. The van der Waals surface area contributed by atoms with Crippen LogP contribution in [0, 0.1) is 28.5 Å². The standard InChI is InChI=1S/C15H13FN2O4/c1-3-21-14(19)13(15(20)22-4-2)9-5-10(7-17)11(8-18)12(16)6-9/h5-6,13H,3-4H2,1-2H3. The average Bonchev–Trinajstić information content (AvgIpc) is 2.47. The Bertz CT molecular complexity index is 655. The van der Waals surface area contributed by atoms with Crippen molar-refractivity contribution in [2.75, 3.05) is 13.2 Å². The molecule has 0 spiro atoms. The summed E-state index contributed by atoms with van der Waals surface area (Å²) >= 11 is 0. The molecule has 114 valence electrons. The van der Waals surface area contributed by atoms with Gasteiger partial charge in [0, 0.05) is 0 Å². The normalized spacial score (nSPS) is 9.73. The Balaban J connectivity index is 3.41. The molecule has 0 bridgehead atoms. The molecule has 0 saturated heterocycles. The highest BCUT2D eigenvalue weighted by atomic mass is 19.1. The number of nitrogens with zero attached hydrogens (tertiary/aromatic N) is 2. The molecule has 0 amide bonds. The zero-order valence-corrected chi connectivity index (χ0v) is 12.1. The molecule has 1 aromatic rings. The molecule has 0 N–H and O–H groups in total. The second-order valence-corrected chi connectivity index (χ2v) is 4.09. The first-order valence-corrected chi connectivity index (χ1v) is 6.46. The third-order valence-corrected chi connectivity index (χ3v) is 2.72. The molecule has 1 rings (SSSR count). The number of esters is 2. The zero-order chi connectivity index (χ0) is 16.7. The number of ether oxygens (including phenoxy) is 2. The van der Waals surface area contributed by atoms with Crippen LogP contribution in [0.15, 0.2) is 12.1 Å². The van der Waals surface area contributed by atoms with Gasteiger partial charge in [-0.05, 0) is 31.5 Å². The van der Waals surface area contributed by atoms with E-state index in [0.29, 0.717) is 0 Å². The van der Waals surface area contributed by atoms with Crippen molar-refractivity contribution < 1.29 is 23.5 Å². The van der Waals surface area contributed by atoms with Gasteiger partial charge in [0.05, 0.1) is 18.8 Å². The number of rotatable bonds is 5. The lowest BCUT2D eigenvalue weighted by atomic mass is 9.95. The molecule has 0 aliphatic heterocycles. The minimum atomic E-state index is -1.51. The molecular formula is C15H13FN2O4. The quantitative estimate of drug-likeness (QED) is 0.607. The van der Waals surface area contributed by atoms with Gasteiger partial charge in [0.2, 0.25) is 0 Å². The van der Waals surface area contributed by atoms with Crippen LogP contribution in [-0.4, -0.2) is 25.2 Å². The SMILES string of the molecule is CCOC(=O)C(C(=O)OCC)c1cc(F)c(C#N)c(C#N)c1. The Morgan fingerprint density at radius 1 is 1.14 bits per heavy atom. The average molecular weight is 304 g/mol. The molecule has 0 radical (unpaired) electrons. The Labute approximate surface area is 126 Å². The van der Waals surface area contributed by atoms with Crippen molar-refractivity contribution in [2.45, 2.75) is 19.8 Å². The maximum atomic E-state index is 13.9. The van der Waals surface area contributed by atoms with Crippen molar-refractivity contribution in [1.29, 1.82) is 10.5 Å². The molecule has 0 aliphatic rings. The van der Waals surface area contributed by atoms with Gasteiger partial charge in [0.25, 0.3) is 0 Å². The summed E-state index contributed by atoms with van der Waals surface area (Å²) in [4.78, 5) is 23.9. The fraction of sp³-hybridized carbons (Fsp3) is 0.333. The molecule has 0 unspecified atom stereocenters. The molecule has 22 heavy (non-hydrogen) atoms. The van der Waals surface area contributed by atoms with Gasteiger partial charge in [-0.15, -0.1) is 0 Å². The number of hydrogen-bond acceptors (Lipinski definition) is 6. The molecular weight excluding hydrogens is 291 g/mol. The second-order valence-electron chi connectivity index (χ2n) is 4.09. The number of hydrogen-bond donors (Lipinski definition) is 0. The molecule has 0 aliphatic carbocycles. The van der Waals surface area contributed by atoms with Crippen LogP contribution in [0.5, 0.6) is 0 Å². The van der Waals surface area contributed by atoms with Gasteiger partial charge < -0.3 is 9.47 Å². The number of nitriles is 2. The van der Waals surface area contributed by atoms with Gasteiger partial charge in [-0.1, -0.05) is 0 Å². The predicted molar refractivity (Wildman–Crippen MR) is 71.8 cm³/mol. The monoisotopic (exact) mass is 304 g/mol. The second kappa shape index (κ2) is 7.75. The maximum absolute atomic E-state index is 13.9. The molecule has 7 heteroatoms. The van der Waals surface area contributed by atoms with E-state index in [4.69, 9.17) is 20.0 Å². The summed E-state index contributed by atoms with van der Waals surface area (Å²) in [6.07, 6.45) is 0. The van der Waals surface area contributed by atoms with Crippen LogP contribution < -0.4 is 0 Å². The highest BCUT2D eigenvalue weighted by molar-refractivity contribution is 6.01. The fourth-order valence-corrected chi connectivity index (χ4v) is 1.82. The van der Waals surface area contributed by atoms with Gasteiger partial charge in [0.15, 0.2) is 5.92 Å². The Hall–Kier alpha value is -2.93. The zero-order valence-electron chi connectivity index (χ0n) is 12.1. The van der Waals surface area contributed by atoms with E-state index in [1.165, 1.54) is 0 Å². The first kappa shape index (κ1) is 17.1. The van der Waals surface area contributed by atoms with Crippen LogP contribution in [0.3, 0.4) is 0 Å². The van der Waals surface area contributed by atoms with Gasteiger partial charge >= 0.3 is 11.9 Å². The third kappa shape index (κ3) is 3.58. The summed E-state index contributed by atoms with van der Waals surface area (Å²) in [6.45, 7) is 3.16. The van der Waals surface area contributed by atoms with E-state index < -0.39 is 29.2 Å². The summed E-state index contributed by atoms with van der Waals surface area (Å²) in [5, 5.41) is 17.8. The van der Waals surface area contributed by atoms with Crippen LogP contribution in [-0.2, 0) is 19.1 Å². The van der Waals surface area contributed by atoms with Crippen LogP contribution in [0.25, 0.3) is 0 Å². The topological polar surface area (TPSA) is 100 Å². The van der Waals surface area contributed by atoms with E-state index >= 15 is 0 Å². The van der Waals surface area contributed by atoms with Crippen LogP contribution in [0.2, 0.25) is 0 Å². The van der Waals surface area contributed by atoms with E-state index in [1.54, 1.807) is 26.0 Å². The van der Waals surface area contributed by atoms with Crippen molar-refractivity contribution in [3.05, 3.63) is 34.6 Å². The Kier molecular flexibility index (Phi) is 6.03. The molecule has 0 heterocycles. The highest BCUT2D eigenvalue weighted by Gasteiger charge is 2.32. The van der Waals surface area contributed by atoms with Gasteiger partial charge in [-0.2, -0.15) is 10.5 Å². The fourth-order valence-electron chi connectivity index (χ4n) is 1.82. The van der Waals surface area contributed by atoms with Gasteiger partial charge in [-0.25, -0.2) is 4.39 Å². The summed E-state index contributed by atoms with van der Waals surface area (Å²) < 4.78 is 23.5. The van der Waals surface area contributed by atoms with Crippen LogP contribution in [0.4, 0.5) is 4.39 Å². The predicted octanol–water partition coefficient (Wildman–Crippen LogP) is 1.78. The number of halogens is 1. The van der Waals surface area contributed by atoms with Crippen molar-refractivity contribution in [3.63, 3.8) is 0 Å². The first-order chi connectivity index (χ1) is 10.5. The van der Waals surface area contributed by atoms with Crippen molar-refractivity contribution in [1.82, 2.24) is 0 Å². The van der Waals surface area contributed by atoms with Gasteiger partial charge in [0.1, 0.15) is 23.5 Å². The molecule has 0 aromatic heterocycles. The molecule has 0 saturated carbocycles. The summed E-state index contributed by atoms with van der Waals surface area (Å²) in [5.74, 6) is -4.31. The minimum Gasteiger partial charge on any atom is -0.465 e. The van der Waals surface area contributed by atoms with Crippen molar-refractivity contribution in [3.8, 4) is 12.1 Å². The van der Waals surface area contributed by atoms with Gasteiger partial charge in [-0.3, -0.25) is 9.59 Å². The van der Waals surface area contributed by atoms with E-state index in [9.17, 15) is 14.0 Å². The smallest absolute Gasteiger partial charge is 0.324 e. The molecule has 0 fully saturated rings. The lowest BCUT2D eigenvalue weighted by Crippen LogP contribution is -2.26. The third-order valence-electron chi connectivity index (χ3n) is 2.72. The largest absolute Gasteiger partial charge is 0.465 e. The van der Waals surface area contributed by atoms with Crippen LogP contribution >= 0.6 is 0 Å². The number of carbonyl (C=O) groups excluding carboxylic acids is 2. The lowest BCUT2D eigenvalue weighted by molar-refractivity contribution is -0.156. The van der Waals surface area contributed by atoms with E-state index in [1.807, 2.05) is 0 Å². The minimum absolute atomic E-state index is 0.0264. The molecule has 0 atom stereocenters. The summed E-state index contributed by atoms with van der Waals surface area (Å²) in [5.41, 5.74) is -0.807. The molecule has 1 aromatic carbocycles. The molecule has 6 nitrogen and oxygen atoms in total. The summed E-state index contributed by atoms with van der Waals surface area (Å²) in [7, 11) is 0.